The molecule has 14 nitrogen and oxygen atoms in total. The molecule has 1 unspecified atom stereocenters. The predicted molar refractivity (Wildman–Crippen MR) is 219 cm³/mol. The second kappa shape index (κ2) is 15.3. The molecule has 3 aromatic carbocycles. The topological polar surface area (TPSA) is 164 Å². The summed E-state index contributed by atoms with van der Waals surface area (Å²) in [4.78, 5) is 59.8. The Labute approximate surface area is 338 Å². The molecular weight excluding hydrogens is 739 g/mol. The fourth-order valence-electron chi connectivity index (χ4n) is 8.83. The molecule has 0 radical (unpaired) electrons. The van der Waals surface area contributed by atoms with Crippen LogP contribution in [-0.4, -0.2) is 92.9 Å². The number of H-pyrrole nitrogens is 2. The largest absolute Gasteiger partial charge is 0.488 e. The van der Waals surface area contributed by atoms with Crippen LogP contribution in [0.15, 0.2) is 48.7 Å². The first-order chi connectivity index (χ1) is 27.7. The zero-order valence-electron chi connectivity index (χ0n) is 34.5. The summed E-state index contributed by atoms with van der Waals surface area (Å²) >= 11 is 0. The number of hydrogen-bond acceptors (Lipinski definition) is 9. The minimum absolute atomic E-state index is 0.00868. The van der Waals surface area contributed by atoms with E-state index in [1.54, 1.807) is 12.0 Å². The molecule has 5 aromatic rings. The molecule has 0 aliphatic carbocycles. The quantitative estimate of drug-likeness (QED) is 0.141. The standard InChI is InChI=1S/C44H53N7O7/c1-23(2)37(49-42(53)56-8)41(52)51-24(3)9-14-34(51)39-45-19-33(47-39)27-10-12-29-28(16-27)22-57-36-18-30-26(17-31(29)36)11-13-32-38(30)48-40(46-32)35-15-25(21-55-7)20-50(35)43(54)58-44(4,5)6/h10-13,16-19,23-25,34-35,37H,9,14-15,20-22H2,1-8H3,(H,45,47)(H,46,48)(H,49,53)/t24-,25-,34-,35-,37?/m0/s1. The van der Waals surface area contributed by atoms with E-state index >= 15 is 0 Å². The summed E-state index contributed by atoms with van der Waals surface area (Å²) in [7, 11) is 2.98. The summed E-state index contributed by atoms with van der Waals surface area (Å²) < 4.78 is 22.5. The lowest BCUT2D eigenvalue weighted by Crippen LogP contribution is -2.52. The molecule has 2 aromatic heterocycles. The van der Waals surface area contributed by atoms with E-state index < -0.39 is 17.7 Å². The third kappa shape index (κ3) is 7.34. The van der Waals surface area contributed by atoms with Crippen LogP contribution in [0.2, 0.25) is 0 Å². The fourth-order valence-corrected chi connectivity index (χ4v) is 8.83. The van der Waals surface area contributed by atoms with Crippen LogP contribution in [0.25, 0.3) is 44.2 Å². The number of amides is 3. The molecule has 0 bridgehead atoms. The molecule has 8 rings (SSSR count). The van der Waals surface area contributed by atoms with Gasteiger partial charge in [-0.05, 0) is 99.2 Å². The Morgan fingerprint density at radius 3 is 2.55 bits per heavy atom. The van der Waals surface area contributed by atoms with Gasteiger partial charge in [-0.3, -0.25) is 9.69 Å². The normalized spacial score (nSPS) is 20.9. The van der Waals surface area contributed by atoms with Gasteiger partial charge in [0.05, 0.1) is 48.7 Å². The van der Waals surface area contributed by atoms with Crippen LogP contribution < -0.4 is 10.1 Å². The summed E-state index contributed by atoms with van der Waals surface area (Å²) in [6, 6.07) is 13.5. The number of methoxy groups -OCH3 is 2. The third-order valence-corrected chi connectivity index (χ3v) is 11.6. The number of likely N-dealkylation sites (tertiary alicyclic amines) is 2. The number of nitrogens with zero attached hydrogens (tertiary/aromatic N) is 4. The van der Waals surface area contributed by atoms with Gasteiger partial charge in [-0.25, -0.2) is 19.6 Å². The van der Waals surface area contributed by atoms with Gasteiger partial charge < -0.3 is 39.1 Å². The van der Waals surface area contributed by atoms with Crippen LogP contribution in [-0.2, 0) is 25.6 Å². The number of aromatic nitrogens is 4. The smallest absolute Gasteiger partial charge is 0.410 e. The van der Waals surface area contributed by atoms with Crippen molar-refractivity contribution in [1.82, 2.24) is 35.1 Å². The Morgan fingerprint density at radius 2 is 1.81 bits per heavy atom. The molecular formula is C44H53N7O7. The van der Waals surface area contributed by atoms with Gasteiger partial charge in [0.1, 0.15) is 35.6 Å². The second-order valence-electron chi connectivity index (χ2n) is 17.2. The number of carbonyl (C=O) groups is 3. The third-order valence-electron chi connectivity index (χ3n) is 11.6. The summed E-state index contributed by atoms with van der Waals surface area (Å²) in [5.74, 6) is 2.12. The van der Waals surface area contributed by atoms with Gasteiger partial charge in [-0.2, -0.15) is 0 Å². The van der Waals surface area contributed by atoms with Gasteiger partial charge in [-0.1, -0.05) is 32.0 Å². The summed E-state index contributed by atoms with van der Waals surface area (Å²) in [6.45, 7) is 13.0. The first kappa shape index (κ1) is 39.2. The molecule has 0 spiro atoms. The Kier molecular flexibility index (Phi) is 10.3. The highest BCUT2D eigenvalue weighted by atomic mass is 16.6. The van der Waals surface area contributed by atoms with Gasteiger partial charge >= 0.3 is 12.2 Å². The number of imidazole rings is 2. The lowest BCUT2D eigenvalue weighted by atomic mass is 9.92. The summed E-state index contributed by atoms with van der Waals surface area (Å²) in [5.41, 5.74) is 6.06. The SMILES string of the molecule is COC[C@H]1C[C@@H](c2nc3c(ccc4cc5c(cc43)OCc3cc(-c4cnc([C@@H]6CC[C@H](C)N6C(=O)C(NC(=O)OC)C(C)C)[nH]4)ccc3-5)[nH]2)N(C(=O)OC(C)(C)C)C1. The van der Waals surface area contributed by atoms with Crippen LogP contribution in [0, 0.1) is 11.8 Å². The van der Waals surface area contributed by atoms with Crippen LogP contribution in [0.1, 0.15) is 90.1 Å². The average molecular weight is 792 g/mol. The van der Waals surface area contributed by atoms with Crippen LogP contribution in [0.3, 0.4) is 0 Å². The van der Waals surface area contributed by atoms with Crippen LogP contribution in [0.5, 0.6) is 5.75 Å². The molecule has 3 aliphatic rings. The average Bonchev–Trinajstić information content (AvgIpc) is 4.00. The van der Waals surface area contributed by atoms with Crippen molar-refractivity contribution in [3.05, 3.63) is 65.9 Å². The molecule has 5 atom stereocenters. The number of nitrogens with one attached hydrogen (secondary N) is 3. The van der Waals surface area contributed by atoms with Gasteiger partial charge in [0.2, 0.25) is 5.91 Å². The molecule has 14 heteroatoms. The number of rotatable bonds is 8. The van der Waals surface area contributed by atoms with E-state index in [-0.39, 0.29) is 42.0 Å². The maximum atomic E-state index is 13.8. The van der Waals surface area contributed by atoms with Crippen molar-refractivity contribution in [2.75, 3.05) is 27.4 Å². The first-order valence-electron chi connectivity index (χ1n) is 20.2. The van der Waals surface area contributed by atoms with Gasteiger partial charge in [0, 0.05) is 36.6 Å². The van der Waals surface area contributed by atoms with E-state index in [9.17, 15) is 14.4 Å². The number of benzene rings is 3. The zero-order valence-corrected chi connectivity index (χ0v) is 34.5. The van der Waals surface area contributed by atoms with E-state index in [0.29, 0.717) is 25.6 Å². The molecule has 5 heterocycles. The molecule has 3 amide bonds. The van der Waals surface area contributed by atoms with Crippen molar-refractivity contribution in [2.45, 2.75) is 97.2 Å². The maximum absolute atomic E-state index is 13.8. The Morgan fingerprint density at radius 1 is 1.00 bits per heavy atom. The van der Waals surface area contributed by atoms with E-state index in [4.69, 9.17) is 28.9 Å². The Bertz CT molecular complexity index is 2380. The Hall–Kier alpha value is -5.63. The minimum Gasteiger partial charge on any atom is -0.488 e. The lowest BCUT2D eigenvalue weighted by molar-refractivity contribution is -0.137. The van der Waals surface area contributed by atoms with Crippen LogP contribution in [0.4, 0.5) is 9.59 Å². The first-order valence-corrected chi connectivity index (χ1v) is 20.2. The molecule has 58 heavy (non-hydrogen) atoms. The van der Waals surface area contributed by atoms with Crippen molar-refractivity contribution < 1.29 is 33.3 Å². The lowest BCUT2D eigenvalue weighted by Gasteiger charge is -2.32. The van der Waals surface area contributed by atoms with Gasteiger partial charge in [0.15, 0.2) is 0 Å². The van der Waals surface area contributed by atoms with Crippen molar-refractivity contribution >= 4 is 39.9 Å². The van der Waals surface area contributed by atoms with Crippen molar-refractivity contribution in [3.63, 3.8) is 0 Å². The van der Waals surface area contributed by atoms with Crippen LogP contribution >= 0.6 is 0 Å². The van der Waals surface area contributed by atoms with E-state index in [0.717, 1.165) is 80.6 Å². The van der Waals surface area contributed by atoms with E-state index in [2.05, 4.69) is 51.7 Å². The minimum atomic E-state index is -0.712. The monoisotopic (exact) mass is 791 g/mol. The predicted octanol–water partition coefficient (Wildman–Crippen LogP) is 8.04. The van der Waals surface area contributed by atoms with Crippen molar-refractivity contribution in [1.29, 1.82) is 0 Å². The molecule has 2 fully saturated rings. The van der Waals surface area contributed by atoms with E-state index in [1.807, 2.05) is 58.7 Å². The maximum Gasteiger partial charge on any atom is 0.410 e. The highest BCUT2D eigenvalue weighted by Crippen LogP contribution is 2.44. The number of carbonyl (C=O) groups excluding carboxylic acids is 3. The van der Waals surface area contributed by atoms with E-state index in [1.165, 1.54) is 7.11 Å². The number of aromatic amines is 2. The number of alkyl carbamates (subject to hydrolysis) is 1. The number of hydrogen-bond donors (Lipinski definition) is 3. The summed E-state index contributed by atoms with van der Waals surface area (Å²) in [6.07, 6.45) is 3.14. The zero-order chi connectivity index (χ0) is 41.0. The Balaban J connectivity index is 1.05. The molecule has 3 aliphatic heterocycles. The molecule has 3 N–H and O–H groups in total. The summed E-state index contributed by atoms with van der Waals surface area (Å²) in [5, 5.41) is 4.72. The van der Waals surface area contributed by atoms with Crippen molar-refractivity contribution in [2.24, 2.45) is 11.8 Å². The van der Waals surface area contributed by atoms with Gasteiger partial charge in [-0.15, -0.1) is 0 Å². The number of fused-ring (bicyclic) bond motifs is 6. The second-order valence-corrected chi connectivity index (χ2v) is 17.2. The molecule has 306 valence electrons. The fraction of sp³-hybridized carbons (Fsp3) is 0.477. The molecule has 2 saturated heterocycles. The van der Waals surface area contributed by atoms with Gasteiger partial charge in [0.25, 0.3) is 0 Å². The highest BCUT2D eigenvalue weighted by Gasteiger charge is 2.42. The number of ether oxygens (including phenoxy) is 4. The highest BCUT2D eigenvalue weighted by molar-refractivity contribution is 6.07. The molecule has 0 saturated carbocycles. The van der Waals surface area contributed by atoms with Crippen molar-refractivity contribution in [3.8, 4) is 28.1 Å².